The molecule has 1 aliphatic rings. The summed E-state index contributed by atoms with van der Waals surface area (Å²) in [4.78, 5) is 0. The topological polar surface area (TPSA) is 46.2 Å². The smallest absolute Gasteiger partial charge is 0.157 e. The fourth-order valence-corrected chi connectivity index (χ4v) is 4.84. The number of hydrogen-bond donors (Lipinski definition) is 1. The van der Waals surface area contributed by atoms with Crippen LogP contribution in [0.2, 0.25) is 0 Å². The molecule has 3 atom stereocenters. The first-order chi connectivity index (χ1) is 6.91. The summed E-state index contributed by atoms with van der Waals surface area (Å²) >= 11 is 0. The van der Waals surface area contributed by atoms with Crippen molar-refractivity contribution < 1.29 is 8.42 Å². The van der Waals surface area contributed by atoms with Crippen LogP contribution in [0.5, 0.6) is 0 Å². The van der Waals surface area contributed by atoms with Crippen LogP contribution in [0.4, 0.5) is 0 Å². The lowest BCUT2D eigenvalue weighted by Crippen LogP contribution is -2.43. The highest BCUT2D eigenvalue weighted by Crippen LogP contribution is 2.29. The van der Waals surface area contributed by atoms with Crippen LogP contribution in [-0.2, 0) is 9.84 Å². The van der Waals surface area contributed by atoms with Gasteiger partial charge < -0.3 is 5.32 Å². The van der Waals surface area contributed by atoms with E-state index in [0.29, 0.717) is 0 Å². The maximum absolute atomic E-state index is 12.3. The summed E-state index contributed by atoms with van der Waals surface area (Å²) < 4.78 is 24.6. The van der Waals surface area contributed by atoms with Gasteiger partial charge in [-0.3, -0.25) is 0 Å². The Labute approximate surface area is 93.6 Å². The second kappa shape index (κ2) is 4.83. The van der Waals surface area contributed by atoms with Crippen LogP contribution < -0.4 is 5.32 Å². The molecule has 1 N–H and O–H groups in total. The van der Waals surface area contributed by atoms with E-state index in [1.165, 1.54) is 0 Å². The van der Waals surface area contributed by atoms with Gasteiger partial charge in [-0.15, -0.1) is 0 Å². The van der Waals surface area contributed by atoms with Gasteiger partial charge in [0.25, 0.3) is 0 Å². The van der Waals surface area contributed by atoms with Crippen molar-refractivity contribution in [2.75, 3.05) is 7.05 Å². The van der Waals surface area contributed by atoms with Crippen molar-refractivity contribution >= 4 is 9.84 Å². The SMILES string of the molecule is CNC1CCCC1S(=O)(=O)C(C)C(C)C. The molecule has 1 fully saturated rings. The Hall–Kier alpha value is -0.0900. The summed E-state index contributed by atoms with van der Waals surface area (Å²) in [5.74, 6) is 0.202. The van der Waals surface area contributed by atoms with Crippen LogP contribution in [0.1, 0.15) is 40.0 Å². The molecule has 0 aromatic carbocycles. The first-order valence-corrected chi connectivity index (χ1v) is 7.42. The molecule has 0 bridgehead atoms. The Bertz CT molecular complexity index is 298. The molecule has 1 saturated carbocycles. The third-order valence-electron chi connectivity index (χ3n) is 3.70. The second-order valence-corrected chi connectivity index (χ2v) is 7.43. The molecule has 0 amide bonds. The predicted octanol–water partition coefficient (Wildman–Crippen LogP) is 1.59. The van der Waals surface area contributed by atoms with Crippen LogP contribution in [0.25, 0.3) is 0 Å². The quantitative estimate of drug-likeness (QED) is 0.802. The highest BCUT2D eigenvalue weighted by atomic mass is 32.2. The van der Waals surface area contributed by atoms with Gasteiger partial charge in [0.15, 0.2) is 9.84 Å². The van der Waals surface area contributed by atoms with E-state index >= 15 is 0 Å². The highest BCUT2D eigenvalue weighted by molar-refractivity contribution is 7.92. The van der Waals surface area contributed by atoms with Gasteiger partial charge in [0.05, 0.1) is 10.5 Å². The monoisotopic (exact) mass is 233 g/mol. The first kappa shape index (κ1) is 13.0. The Morgan fingerprint density at radius 2 is 1.80 bits per heavy atom. The van der Waals surface area contributed by atoms with Gasteiger partial charge in [0.1, 0.15) is 0 Å². The standard InChI is InChI=1S/C11H23NO2S/c1-8(2)9(3)15(13,14)11-7-5-6-10(11)12-4/h8-12H,5-7H2,1-4H3. The van der Waals surface area contributed by atoms with E-state index in [2.05, 4.69) is 5.32 Å². The molecular weight excluding hydrogens is 210 g/mol. The molecule has 0 radical (unpaired) electrons. The first-order valence-electron chi connectivity index (χ1n) is 5.81. The summed E-state index contributed by atoms with van der Waals surface area (Å²) in [6.07, 6.45) is 2.84. The van der Waals surface area contributed by atoms with Crippen LogP contribution in [0.15, 0.2) is 0 Å². The molecule has 1 rings (SSSR count). The summed E-state index contributed by atoms with van der Waals surface area (Å²) in [6, 6.07) is 0.163. The molecule has 0 saturated heterocycles. The number of sulfone groups is 1. The van der Waals surface area contributed by atoms with E-state index in [-0.39, 0.29) is 22.5 Å². The number of hydrogen-bond acceptors (Lipinski definition) is 3. The molecule has 0 aromatic heterocycles. The Morgan fingerprint density at radius 3 is 2.27 bits per heavy atom. The maximum Gasteiger partial charge on any atom is 0.157 e. The van der Waals surface area contributed by atoms with Gasteiger partial charge >= 0.3 is 0 Å². The Kier molecular flexibility index (Phi) is 4.18. The minimum Gasteiger partial charge on any atom is -0.316 e. The van der Waals surface area contributed by atoms with Crippen LogP contribution in [0, 0.1) is 5.92 Å². The lowest BCUT2D eigenvalue weighted by atomic mass is 10.2. The molecule has 90 valence electrons. The van der Waals surface area contributed by atoms with Gasteiger partial charge in [-0.25, -0.2) is 8.42 Å². The van der Waals surface area contributed by atoms with Gasteiger partial charge in [-0.05, 0) is 32.7 Å². The van der Waals surface area contributed by atoms with Crippen molar-refractivity contribution in [1.29, 1.82) is 0 Å². The normalized spacial score (nSPS) is 29.7. The molecule has 0 heterocycles. The van der Waals surface area contributed by atoms with Crippen LogP contribution in [0.3, 0.4) is 0 Å². The fourth-order valence-electron chi connectivity index (χ4n) is 2.30. The number of rotatable bonds is 4. The average molecular weight is 233 g/mol. The summed E-state index contributed by atoms with van der Waals surface area (Å²) in [5.41, 5.74) is 0. The highest BCUT2D eigenvalue weighted by Gasteiger charge is 2.40. The molecule has 3 unspecified atom stereocenters. The Balaban J connectivity index is 2.86. The summed E-state index contributed by atoms with van der Waals surface area (Å²) in [6.45, 7) is 5.79. The zero-order valence-electron chi connectivity index (χ0n) is 10.2. The van der Waals surface area contributed by atoms with Crippen molar-refractivity contribution in [1.82, 2.24) is 5.32 Å². The van der Waals surface area contributed by atoms with Crippen molar-refractivity contribution in [3.8, 4) is 0 Å². The molecule has 4 heteroatoms. The average Bonchev–Trinajstić information content (AvgIpc) is 2.64. The molecular formula is C11H23NO2S. The lowest BCUT2D eigenvalue weighted by molar-refractivity contribution is 0.508. The van der Waals surface area contributed by atoms with Gasteiger partial charge in [-0.1, -0.05) is 20.3 Å². The largest absolute Gasteiger partial charge is 0.316 e. The van der Waals surface area contributed by atoms with Crippen molar-refractivity contribution in [3.05, 3.63) is 0 Å². The van der Waals surface area contributed by atoms with Crippen molar-refractivity contribution in [2.45, 2.75) is 56.6 Å². The predicted molar refractivity (Wildman–Crippen MR) is 63.7 cm³/mol. The fraction of sp³-hybridized carbons (Fsp3) is 1.00. The van der Waals surface area contributed by atoms with E-state index in [1.54, 1.807) is 0 Å². The molecule has 15 heavy (non-hydrogen) atoms. The van der Waals surface area contributed by atoms with Gasteiger partial charge in [0, 0.05) is 6.04 Å². The van der Waals surface area contributed by atoms with Crippen LogP contribution >= 0.6 is 0 Å². The molecule has 0 aromatic rings. The van der Waals surface area contributed by atoms with Gasteiger partial charge in [0.2, 0.25) is 0 Å². The minimum atomic E-state index is -2.96. The van der Waals surface area contributed by atoms with E-state index < -0.39 is 9.84 Å². The van der Waals surface area contributed by atoms with E-state index in [1.807, 2.05) is 27.8 Å². The third kappa shape index (κ3) is 2.53. The van der Waals surface area contributed by atoms with E-state index in [9.17, 15) is 8.42 Å². The van der Waals surface area contributed by atoms with Crippen LogP contribution in [-0.4, -0.2) is 32.0 Å². The zero-order chi connectivity index (χ0) is 11.6. The van der Waals surface area contributed by atoms with Crippen molar-refractivity contribution in [2.24, 2.45) is 5.92 Å². The maximum atomic E-state index is 12.3. The summed E-state index contributed by atoms with van der Waals surface area (Å²) in [7, 11) is -1.10. The molecule has 1 aliphatic carbocycles. The van der Waals surface area contributed by atoms with E-state index in [4.69, 9.17) is 0 Å². The van der Waals surface area contributed by atoms with E-state index in [0.717, 1.165) is 19.3 Å². The third-order valence-corrected chi connectivity index (χ3v) is 6.69. The zero-order valence-corrected chi connectivity index (χ0v) is 11.0. The second-order valence-electron chi connectivity index (χ2n) is 4.90. The minimum absolute atomic E-state index is 0.163. The lowest BCUT2D eigenvalue weighted by Gasteiger charge is -2.25. The molecule has 0 aliphatic heterocycles. The molecule has 3 nitrogen and oxygen atoms in total. The number of nitrogens with one attached hydrogen (secondary N) is 1. The summed E-state index contributed by atoms with van der Waals surface area (Å²) in [5, 5.41) is 2.74. The van der Waals surface area contributed by atoms with Crippen molar-refractivity contribution in [3.63, 3.8) is 0 Å². The van der Waals surface area contributed by atoms with Gasteiger partial charge in [-0.2, -0.15) is 0 Å². The Morgan fingerprint density at radius 1 is 1.20 bits per heavy atom. The molecule has 0 spiro atoms.